The second-order valence-electron chi connectivity index (χ2n) is 18.2. The Morgan fingerprint density at radius 2 is 0.934 bits per heavy atom. The zero-order valence-corrected chi connectivity index (χ0v) is 51.9. The largest absolute Gasteiger partial charge is 0.469 e. The standard InChI is InChI=1S/C21H33N3O4S2.C21H38N2O4S3.C10H8N2S2.CH3F/c1-13(2)23-19(25)16(11-15(5)21(27)28-6)12-17(20(26)24-14(3)4)29-30-18-9-7-8-10-22-18;1-8-9-10-29-21(28)30-17(19(25)23-14(4)5)12-16(18(24)22-13(2)3)11-15(6)20(26)27-7;1-3-7-11-9(5-1)13-14-10-6-2-4-8-12-10;1-2/h7-10,13-17H,11-12H2,1-6H3,(H,23,25)(H,24,26);13-17H,8-12H2,1-7H3,(H,22,24)(H,23,25);1-8H;1H3/i;;;1D. The molecule has 76 heavy (non-hydrogen) atoms. The van der Waals surface area contributed by atoms with Crippen molar-refractivity contribution >= 4 is 118 Å². The summed E-state index contributed by atoms with van der Waals surface area (Å²) >= 11 is 8.40. The van der Waals surface area contributed by atoms with Crippen LogP contribution >= 0.6 is 78.9 Å². The van der Waals surface area contributed by atoms with Crippen molar-refractivity contribution in [1.82, 2.24) is 36.2 Å². The van der Waals surface area contributed by atoms with E-state index in [9.17, 15) is 33.2 Å². The van der Waals surface area contributed by atoms with E-state index in [4.69, 9.17) is 23.1 Å². The Kier molecular flexibility index (Phi) is 40.1. The van der Waals surface area contributed by atoms with Gasteiger partial charge in [-0.25, -0.2) is 15.0 Å². The highest BCUT2D eigenvalue weighted by atomic mass is 33.1. The highest BCUT2D eigenvalue weighted by Gasteiger charge is 2.34. The highest BCUT2D eigenvalue weighted by molar-refractivity contribution is 8.77. The van der Waals surface area contributed by atoms with Crippen molar-refractivity contribution in [2.75, 3.05) is 27.1 Å². The smallest absolute Gasteiger partial charge is 0.308 e. The fourth-order valence-corrected chi connectivity index (χ4v) is 13.3. The molecule has 6 unspecified atom stereocenters. The van der Waals surface area contributed by atoms with Crippen LogP contribution in [0.4, 0.5) is 4.39 Å². The summed E-state index contributed by atoms with van der Waals surface area (Å²) in [6.45, 7) is 20.7. The number of pyridine rings is 3. The van der Waals surface area contributed by atoms with Crippen molar-refractivity contribution in [2.45, 2.75) is 164 Å². The summed E-state index contributed by atoms with van der Waals surface area (Å²) in [6, 6.07) is 17.2. The number of esters is 2. The number of unbranched alkanes of at least 4 members (excludes halogenated alkanes) is 1. The Labute approximate surface area is 483 Å². The molecule has 0 fully saturated rings. The number of hydrogen-bond acceptors (Lipinski definition) is 18. The SMILES string of the molecule is CCCCSC(=S)SC(CC(CC(C)C(=O)OC)C(=O)NC(C)C)C(=O)NC(C)C.COC(=O)C(C)CC(CC(SSc1ccccn1)C(=O)NC(C)C)C(=O)NC(C)C.[2H]CF.c1ccc(SSc2ccccn2)nc1. The number of thioether (sulfide) groups is 2. The van der Waals surface area contributed by atoms with Crippen molar-refractivity contribution in [3.8, 4) is 0 Å². The van der Waals surface area contributed by atoms with Gasteiger partial charge in [0.05, 0.1) is 45.1 Å². The van der Waals surface area contributed by atoms with E-state index in [0.717, 1.165) is 33.7 Å². The van der Waals surface area contributed by atoms with Crippen LogP contribution in [0.3, 0.4) is 0 Å². The number of amides is 4. The molecule has 3 aromatic rings. The van der Waals surface area contributed by atoms with Gasteiger partial charge in [0.15, 0.2) is 0 Å². The molecule has 3 aromatic heterocycles. The van der Waals surface area contributed by atoms with Crippen LogP contribution in [0.25, 0.3) is 0 Å². The number of rotatable bonds is 28. The van der Waals surface area contributed by atoms with E-state index >= 15 is 0 Å². The van der Waals surface area contributed by atoms with Crippen LogP contribution in [0.1, 0.15) is 116 Å². The number of alkyl halides is 1. The lowest BCUT2D eigenvalue weighted by atomic mass is 9.90. The third-order valence-corrected chi connectivity index (χ3v) is 17.6. The molecule has 3 rings (SSSR count). The molecule has 23 heteroatoms. The molecule has 0 saturated heterocycles. The Bertz CT molecular complexity index is 2090. The molecule has 6 atom stereocenters. The fourth-order valence-electron chi connectivity index (χ4n) is 6.38. The number of aromatic nitrogens is 3. The first-order valence-electron chi connectivity index (χ1n) is 25.7. The predicted molar refractivity (Wildman–Crippen MR) is 321 cm³/mol. The molecular weight excluding hydrogens is 1110 g/mol. The molecule has 3 heterocycles. The Morgan fingerprint density at radius 1 is 0.579 bits per heavy atom. The number of carbonyl (C=O) groups is 6. The van der Waals surface area contributed by atoms with Crippen LogP contribution in [-0.2, 0) is 38.2 Å². The lowest BCUT2D eigenvalue weighted by molar-refractivity contribution is -0.146. The first-order valence-corrected chi connectivity index (χ1v) is 31.6. The number of thiocarbonyl (C=S) groups is 1. The van der Waals surface area contributed by atoms with Gasteiger partial charge >= 0.3 is 11.9 Å². The van der Waals surface area contributed by atoms with Gasteiger partial charge in [-0.15, -0.1) is 11.8 Å². The molecule has 0 aromatic carbocycles. The molecule has 0 aliphatic rings. The summed E-state index contributed by atoms with van der Waals surface area (Å²) in [5.41, 5.74) is 0. The maximum atomic E-state index is 12.9. The van der Waals surface area contributed by atoms with Gasteiger partial charge in [0.25, 0.3) is 0 Å². The second kappa shape index (κ2) is 43.3. The van der Waals surface area contributed by atoms with Gasteiger partial charge in [0.2, 0.25) is 23.6 Å². The molecule has 15 nitrogen and oxygen atoms in total. The van der Waals surface area contributed by atoms with E-state index in [2.05, 4.69) is 43.1 Å². The minimum atomic E-state index is -1.00. The first-order chi connectivity index (χ1) is 36.5. The molecule has 426 valence electrons. The third-order valence-electron chi connectivity index (χ3n) is 9.86. The molecule has 4 N–H and O–H groups in total. The Hall–Kier alpha value is -3.61. The number of halogens is 1. The van der Waals surface area contributed by atoms with Crippen molar-refractivity contribution in [2.24, 2.45) is 23.7 Å². The highest BCUT2D eigenvalue weighted by Crippen LogP contribution is 2.38. The number of hydrogen-bond donors (Lipinski definition) is 4. The topological polar surface area (TPSA) is 208 Å². The van der Waals surface area contributed by atoms with Crippen molar-refractivity contribution in [3.63, 3.8) is 0 Å². The van der Waals surface area contributed by atoms with E-state index in [-0.39, 0.29) is 59.7 Å². The van der Waals surface area contributed by atoms with Crippen LogP contribution < -0.4 is 21.3 Å². The van der Waals surface area contributed by atoms with Crippen LogP contribution in [0.5, 0.6) is 0 Å². The molecule has 0 bridgehead atoms. The van der Waals surface area contributed by atoms with Crippen molar-refractivity contribution < 1.29 is 44.0 Å². The summed E-state index contributed by atoms with van der Waals surface area (Å²) in [6.07, 6.45) is 8.66. The zero-order chi connectivity index (χ0) is 58.3. The van der Waals surface area contributed by atoms with Gasteiger partial charge in [-0.2, -0.15) is 0 Å². The zero-order valence-electron chi connectivity index (χ0n) is 47.2. The van der Waals surface area contributed by atoms with Crippen LogP contribution in [0.15, 0.2) is 88.3 Å². The number of nitrogens with one attached hydrogen (secondary N) is 4. The fraction of sp³-hybridized carbons (Fsp3) is 0.585. The van der Waals surface area contributed by atoms with Gasteiger partial charge < -0.3 is 30.7 Å². The summed E-state index contributed by atoms with van der Waals surface area (Å²) in [7, 11) is 7.68. The number of ether oxygens (including phenoxy) is 2. The first kappa shape index (κ1) is 70.4. The third kappa shape index (κ3) is 34.3. The average molecular weight is 1190 g/mol. The summed E-state index contributed by atoms with van der Waals surface area (Å²) in [5, 5.41) is 13.5. The maximum Gasteiger partial charge on any atom is 0.308 e. The average Bonchev–Trinajstić information content (AvgIpc) is 3.38. The van der Waals surface area contributed by atoms with Gasteiger partial charge in [-0.1, -0.05) is 80.2 Å². The normalized spacial score (nSPS) is 13.3. The number of methoxy groups -OCH3 is 2. The molecule has 0 saturated carbocycles. The summed E-state index contributed by atoms with van der Waals surface area (Å²) in [4.78, 5) is 87.9. The van der Waals surface area contributed by atoms with Gasteiger partial charge in [-0.3, -0.25) is 33.2 Å². The van der Waals surface area contributed by atoms with Crippen molar-refractivity contribution in [1.29, 1.82) is 0 Å². The van der Waals surface area contributed by atoms with Gasteiger partial charge in [-0.05, 0) is 162 Å². The predicted octanol–water partition coefficient (Wildman–Crippen LogP) is 11.5. The van der Waals surface area contributed by atoms with E-state index in [1.807, 2.05) is 110 Å². The van der Waals surface area contributed by atoms with Gasteiger partial charge in [0, 0.05) is 54.6 Å². The minimum Gasteiger partial charge on any atom is -0.469 e. The van der Waals surface area contributed by atoms with Crippen LogP contribution in [0, 0.1) is 23.7 Å². The molecule has 0 aliphatic carbocycles. The number of nitrogens with zero attached hydrogens (tertiary/aromatic N) is 3. The van der Waals surface area contributed by atoms with Gasteiger partial charge in [0.1, 0.15) is 18.6 Å². The van der Waals surface area contributed by atoms with E-state index in [0.29, 0.717) is 29.2 Å². The molecule has 0 spiro atoms. The second-order valence-corrected chi connectivity index (χ2v) is 26.3. The summed E-state index contributed by atoms with van der Waals surface area (Å²) in [5.74, 6) is -2.29. The van der Waals surface area contributed by atoms with E-state index in [1.54, 1.807) is 65.8 Å². The summed E-state index contributed by atoms with van der Waals surface area (Å²) < 4.78 is 25.8. The van der Waals surface area contributed by atoms with Crippen molar-refractivity contribution in [3.05, 3.63) is 73.2 Å². The Balaban J connectivity index is 0.00000116. The minimum absolute atomic E-state index is 0.0150. The molecule has 0 radical (unpaired) electrons. The van der Waals surface area contributed by atoms with E-state index in [1.165, 1.54) is 47.6 Å². The molecular formula is C53H82FN7O8S7. The van der Waals surface area contributed by atoms with Crippen LogP contribution in [0.2, 0.25) is 0 Å². The van der Waals surface area contributed by atoms with Crippen LogP contribution in [-0.4, -0.2) is 116 Å². The molecule has 0 aliphatic heterocycles. The lowest BCUT2D eigenvalue weighted by Crippen LogP contribution is -2.42. The number of carbonyl (C=O) groups excluding carboxylic acids is 6. The quantitative estimate of drug-likeness (QED) is 0.0231. The monoisotopic (exact) mass is 1190 g/mol. The lowest BCUT2D eigenvalue weighted by Gasteiger charge is -2.25. The molecule has 4 amide bonds. The Morgan fingerprint density at radius 3 is 1.28 bits per heavy atom. The maximum absolute atomic E-state index is 12.9. The van der Waals surface area contributed by atoms with E-state index < -0.39 is 41.3 Å².